The van der Waals surface area contributed by atoms with Gasteiger partial charge in [0.25, 0.3) is 0 Å². The lowest BCUT2D eigenvalue weighted by molar-refractivity contribution is -0.115. The third-order valence-electron chi connectivity index (χ3n) is 3.07. The molecule has 0 unspecified atom stereocenters. The summed E-state index contributed by atoms with van der Waals surface area (Å²) in [7, 11) is -1.01. The number of halogens is 1. The van der Waals surface area contributed by atoms with Gasteiger partial charge in [-0.15, -0.1) is 0 Å². The molecule has 1 amide bonds. The second-order valence-electron chi connectivity index (χ2n) is 4.93. The van der Waals surface area contributed by atoms with Crippen LogP contribution in [0.3, 0.4) is 0 Å². The fourth-order valence-electron chi connectivity index (χ4n) is 1.89. The fourth-order valence-corrected chi connectivity index (χ4v) is 2.36. The number of hydrogen-bond acceptors (Lipinski definition) is 4. The van der Waals surface area contributed by atoms with Crippen molar-refractivity contribution in [1.82, 2.24) is 0 Å². The number of carbonyl (C=O) groups excluding carboxylic acids is 1. The SMILES string of the molecule is C[S@@](=O)CCC(=O)Nc1ccc(Oc2cccc(F)c2C#N)cc1. The quantitative estimate of drug-likeness (QED) is 0.871. The number of benzene rings is 2. The van der Waals surface area contributed by atoms with Crippen molar-refractivity contribution in [3.63, 3.8) is 0 Å². The van der Waals surface area contributed by atoms with Gasteiger partial charge < -0.3 is 10.1 Å². The Morgan fingerprint density at radius 3 is 2.62 bits per heavy atom. The summed E-state index contributed by atoms with van der Waals surface area (Å²) in [5.41, 5.74) is 0.399. The van der Waals surface area contributed by atoms with E-state index in [2.05, 4.69) is 5.32 Å². The van der Waals surface area contributed by atoms with E-state index in [1.807, 2.05) is 0 Å². The van der Waals surface area contributed by atoms with Gasteiger partial charge in [-0.25, -0.2) is 4.39 Å². The molecule has 2 aromatic carbocycles. The van der Waals surface area contributed by atoms with Crippen molar-refractivity contribution in [2.75, 3.05) is 17.3 Å². The number of carbonyl (C=O) groups is 1. The zero-order valence-corrected chi connectivity index (χ0v) is 13.7. The van der Waals surface area contributed by atoms with Crippen LogP contribution in [0.1, 0.15) is 12.0 Å². The maximum absolute atomic E-state index is 13.5. The van der Waals surface area contributed by atoms with Gasteiger partial charge in [0, 0.05) is 34.9 Å². The van der Waals surface area contributed by atoms with Crippen molar-refractivity contribution in [3.8, 4) is 17.6 Å². The van der Waals surface area contributed by atoms with E-state index in [4.69, 9.17) is 10.00 Å². The molecular weight excluding hydrogens is 331 g/mol. The monoisotopic (exact) mass is 346 g/mol. The molecule has 2 rings (SSSR count). The average Bonchev–Trinajstić information content (AvgIpc) is 2.55. The summed E-state index contributed by atoms with van der Waals surface area (Å²) in [6.45, 7) is 0. The lowest BCUT2D eigenvalue weighted by atomic mass is 10.2. The van der Waals surface area contributed by atoms with Gasteiger partial charge >= 0.3 is 0 Å². The zero-order chi connectivity index (χ0) is 17.5. The first kappa shape index (κ1) is 17.6. The molecule has 0 aliphatic heterocycles. The highest BCUT2D eigenvalue weighted by atomic mass is 32.2. The van der Waals surface area contributed by atoms with Crippen molar-refractivity contribution in [1.29, 1.82) is 5.26 Å². The highest BCUT2D eigenvalue weighted by molar-refractivity contribution is 7.84. The normalized spacial score (nSPS) is 11.4. The number of anilines is 1. The summed E-state index contributed by atoms with van der Waals surface area (Å²) in [5, 5.41) is 11.6. The molecule has 0 aliphatic rings. The van der Waals surface area contributed by atoms with Crippen LogP contribution in [0.5, 0.6) is 11.5 Å². The minimum atomic E-state index is -1.01. The third-order valence-corrected chi connectivity index (χ3v) is 3.85. The van der Waals surface area contributed by atoms with Crippen LogP contribution in [0, 0.1) is 17.1 Å². The Balaban J connectivity index is 2.03. The molecular formula is C17H15FN2O3S. The first-order valence-electron chi connectivity index (χ1n) is 7.06. The highest BCUT2D eigenvalue weighted by Gasteiger charge is 2.10. The van der Waals surface area contributed by atoms with Crippen LogP contribution in [0.25, 0.3) is 0 Å². The number of rotatable bonds is 6. The Hall–Kier alpha value is -2.72. The van der Waals surface area contributed by atoms with Crippen LogP contribution in [0.4, 0.5) is 10.1 Å². The molecule has 5 nitrogen and oxygen atoms in total. The highest BCUT2D eigenvalue weighted by Crippen LogP contribution is 2.27. The Morgan fingerprint density at radius 1 is 1.29 bits per heavy atom. The summed E-state index contributed by atoms with van der Waals surface area (Å²) >= 11 is 0. The largest absolute Gasteiger partial charge is 0.456 e. The molecule has 0 spiro atoms. The number of ether oxygens (including phenoxy) is 1. The van der Waals surface area contributed by atoms with E-state index in [1.165, 1.54) is 18.2 Å². The predicted octanol–water partition coefficient (Wildman–Crippen LogP) is 3.20. The van der Waals surface area contributed by atoms with E-state index in [1.54, 1.807) is 36.6 Å². The van der Waals surface area contributed by atoms with Gasteiger partial charge in [-0.05, 0) is 36.4 Å². The molecule has 124 valence electrons. The molecule has 0 fully saturated rings. The van der Waals surface area contributed by atoms with Crippen molar-refractivity contribution >= 4 is 22.4 Å². The second kappa shape index (κ2) is 8.22. The molecule has 0 heterocycles. The molecule has 0 aromatic heterocycles. The van der Waals surface area contributed by atoms with Crippen LogP contribution in [-0.2, 0) is 15.6 Å². The Labute approximate surface area is 141 Å². The van der Waals surface area contributed by atoms with Gasteiger partial charge in [-0.3, -0.25) is 9.00 Å². The molecule has 2 aromatic rings. The summed E-state index contributed by atoms with van der Waals surface area (Å²) in [5.74, 6) is -0.0313. The Morgan fingerprint density at radius 2 is 2.00 bits per heavy atom. The molecule has 0 bridgehead atoms. The van der Waals surface area contributed by atoms with Gasteiger partial charge in [-0.1, -0.05) is 6.07 Å². The van der Waals surface area contributed by atoms with Gasteiger partial charge in [0.05, 0.1) is 0 Å². The second-order valence-corrected chi connectivity index (χ2v) is 6.48. The number of nitrogens with zero attached hydrogens (tertiary/aromatic N) is 1. The maximum Gasteiger partial charge on any atom is 0.225 e. The summed E-state index contributed by atoms with van der Waals surface area (Å²) < 4.78 is 30.0. The summed E-state index contributed by atoms with van der Waals surface area (Å²) in [6.07, 6.45) is 1.72. The summed E-state index contributed by atoms with van der Waals surface area (Å²) in [4.78, 5) is 11.7. The fraction of sp³-hybridized carbons (Fsp3) is 0.176. The molecule has 1 atom stereocenters. The van der Waals surface area contributed by atoms with Gasteiger partial charge in [0.2, 0.25) is 5.91 Å². The van der Waals surface area contributed by atoms with Crippen LogP contribution >= 0.6 is 0 Å². The minimum absolute atomic E-state index is 0.125. The average molecular weight is 346 g/mol. The van der Waals surface area contributed by atoms with E-state index in [0.717, 1.165) is 0 Å². The van der Waals surface area contributed by atoms with E-state index < -0.39 is 16.6 Å². The van der Waals surface area contributed by atoms with Crippen LogP contribution in [0.2, 0.25) is 0 Å². The third kappa shape index (κ3) is 4.89. The maximum atomic E-state index is 13.5. The molecule has 1 N–H and O–H groups in total. The molecule has 7 heteroatoms. The van der Waals surface area contributed by atoms with E-state index in [9.17, 15) is 13.4 Å². The van der Waals surface area contributed by atoms with Crippen LogP contribution < -0.4 is 10.1 Å². The Bertz CT molecular complexity index is 800. The van der Waals surface area contributed by atoms with Crippen molar-refractivity contribution < 1.29 is 18.1 Å². The van der Waals surface area contributed by atoms with Gasteiger partial charge in [0.15, 0.2) is 0 Å². The smallest absolute Gasteiger partial charge is 0.225 e. The van der Waals surface area contributed by atoms with Crippen molar-refractivity contribution in [2.24, 2.45) is 0 Å². The topological polar surface area (TPSA) is 79.2 Å². The van der Waals surface area contributed by atoms with Gasteiger partial charge in [-0.2, -0.15) is 5.26 Å². The van der Waals surface area contributed by atoms with Crippen LogP contribution in [0.15, 0.2) is 42.5 Å². The van der Waals surface area contributed by atoms with Crippen LogP contribution in [-0.4, -0.2) is 22.1 Å². The zero-order valence-electron chi connectivity index (χ0n) is 12.9. The van der Waals surface area contributed by atoms with Crippen molar-refractivity contribution in [3.05, 3.63) is 53.8 Å². The van der Waals surface area contributed by atoms with E-state index in [0.29, 0.717) is 17.2 Å². The molecule has 0 saturated heterocycles. The lowest BCUT2D eigenvalue weighted by Gasteiger charge is -2.09. The Kier molecular flexibility index (Phi) is 6.04. The predicted molar refractivity (Wildman–Crippen MR) is 89.8 cm³/mol. The van der Waals surface area contributed by atoms with E-state index in [-0.39, 0.29) is 23.6 Å². The number of amides is 1. The number of nitrogens with one attached hydrogen (secondary N) is 1. The number of nitriles is 1. The number of hydrogen-bond donors (Lipinski definition) is 1. The van der Waals surface area contributed by atoms with E-state index >= 15 is 0 Å². The summed E-state index contributed by atoms with van der Waals surface area (Å²) in [6, 6.07) is 12.4. The lowest BCUT2D eigenvalue weighted by Crippen LogP contribution is -2.14. The molecule has 0 aliphatic carbocycles. The standard InChI is InChI=1S/C17H15FN2O3S/c1-24(22)10-9-17(21)20-12-5-7-13(8-6-12)23-16-4-2-3-15(18)14(16)11-19/h2-8H,9-10H2,1H3,(H,20,21)/t24-/m1/s1. The molecule has 0 radical (unpaired) electrons. The molecule has 0 saturated carbocycles. The first-order valence-corrected chi connectivity index (χ1v) is 8.78. The van der Waals surface area contributed by atoms with Crippen molar-refractivity contribution in [2.45, 2.75) is 6.42 Å². The van der Waals surface area contributed by atoms with Gasteiger partial charge in [0.1, 0.15) is 28.9 Å². The molecule has 24 heavy (non-hydrogen) atoms. The first-order chi connectivity index (χ1) is 11.5. The minimum Gasteiger partial charge on any atom is -0.456 e.